The van der Waals surface area contributed by atoms with E-state index in [2.05, 4.69) is 0 Å². The Balaban J connectivity index is 2.29. The van der Waals surface area contributed by atoms with Crippen LogP contribution >= 0.6 is 0 Å². The molecule has 1 rings (SSSR count). The minimum absolute atomic E-state index is 0.212. The lowest BCUT2D eigenvalue weighted by atomic mass is 9.81. The summed E-state index contributed by atoms with van der Waals surface area (Å²) in [6.07, 6.45) is 1.81. The number of halogens is 2. The Morgan fingerprint density at radius 2 is 2.09 bits per heavy atom. The normalized spacial score (nSPS) is 23.5. The Morgan fingerprint density at radius 1 is 1.55 bits per heavy atom. The van der Waals surface area contributed by atoms with Crippen LogP contribution in [0.1, 0.15) is 12.8 Å². The molecule has 0 spiro atoms. The van der Waals surface area contributed by atoms with Crippen LogP contribution in [0.5, 0.6) is 0 Å². The zero-order valence-electron chi connectivity index (χ0n) is 5.76. The fourth-order valence-electron chi connectivity index (χ4n) is 1.06. The third-order valence-corrected chi connectivity index (χ3v) is 1.63. The molecule has 0 unspecified atom stereocenters. The minimum atomic E-state index is -2.56. The Bertz CT molecular complexity index is 191. The van der Waals surface area contributed by atoms with E-state index in [9.17, 15) is 13.6 Å². The Labute approximate surface area is 62.5 Å². The summed E-state index contributed by atoms with van der Waals surface area (Å²) in [5.74, 6) is -3.89. The lowest BCUT2D eigenvalue weighted by Crippen LogP contribution is -2.34. The molecular formula is C7H8F2O2. The summed E-state index contributed by atoms with van der Waals surface area (Å²) in [5.41, 5.74) is 0. The molecule has 1 N–H and O–H groups in total. The van der Waals surface area contributed by atoms with Gasteiger partial charge in [-0.15, -0.1) is 0 Å². The summed E-state index contributed by atoms with van der Waals surface area (Å²) < 4.78 is 24.3. The monoisotopic (exact) mass is 162 g/mol. The molecule has 2 nitrogen and oxygen atoms in total. The van der Waals surface area contributed by atoms with Crippen molar-refractivity contribution in [1.29, 1.82) is 0 Å². The maximum Gasteiger partial charge on any atom is 0.327 e. The van der Waals surface area contributed by atoms with Crippen LogP contribution in [0.15, 0.2) is 12.2 Å². The van der Waals surface area contributed by atoms with Gasteiger partial charge in [0.25, 0.3) is 0 Å². The van der Waals surface area contributed by atoms with Crippen molar-refractivity contribution >= 4 is 5.97 Å². The highest BCUT2D eigenvalue weighted by Crippen LogP contribution is 2.42. The fourth-order valence-corrected chi connectivity index (χ4v) is 1.06. The van der Waals surface area contributed by atoms with Gasteiger partial charge in [-0.2, -0.15) is 0 Å². The van der Waals surface area contributed by atoms with E-state index in [1.807, 2.05) is 0 Å². The van der Waals surface area contributed by atoms with Crippen molar-refractivity contribution in [3.8, 4) is 0 Å². The van der Waals surface area contributed by atoms with E-state index < -0.39 is 11.9 Å². The topological polar surface area (TPSA) is 37.3 Å². The van der Waals surface area contributed by atoms with Crippen molar-refractivity contribution in [2.75, 3.05) is 0 Å². The second kappa shape index (κ2) is 2.60. The van der Waals surface area contributed by atoms with E-state index in [0.29, 0.717) is 0 Å². The van der Waals surface area contributed by atoms with E-state index >= 15 is 0 Å². The average molecular weight is 162 g/mol. The molecule has 1 fully saturated rings. The van der Waals surface area contributed by atoms with Gasteiger partial charge in [-0.25, -0.2) is 13.6 Å². The average Bonchev–Trinajstić information content (AvgIpc) is 1.78. The Kier molecular flexibility index (Phi) is 1.93. The molecule has 0 aromatic heterocycles. The first-order valence-corrected chi connectivity index (χ1v) is 3.28. The number of allylic oxidation sites excluding steroid dienone is 1. The van der Waals surface area contributed by atoms with Gasteiger partial charge in [-0.1, -0.05) is 6.08 Å². The molecule has 0 aromatic rings. The number of hydrogen-bond donors (Lipinski definition) is 1. The zero-order chi connectivity index (χ0) is 8.48. The van der Waals surface area contributed by atoms with Crippen LogP contribution < -0.4 is 0 Å². The van der Waals surface area contributed by atoms with Gasteiger partial charge in [0.1, 0.15) is 0 Å². The predicted octanol–water partition coefficient (Wildman–Crippen LogP) is 1.67. The minimum Gasteiger partial charge on any atom is -0.478 e. The number of hydrogen-bond acceptors (Lipinski definition) is 1. The van der Waals surface area contributed by atoms with Crippen molar-refractivity contribution in [2.24, 2.45) is 5.92 Å². The summed E-state index contributed by atoms with van der Waals surface area (Å²) in [5, 5.41) is 8.14. The molecule has 1 saturated carbocycles. The van der Waals surface area contributed by atoms with Gasteiger partial charge < -0.3 is 5.11 Å². The molecule has 0 amide bonds. The third kappa shape index (κ3) is 2.29. The van der Waals surface area contributed by atoms with Gasteiger partial charge in [-0.05, 0) is 5.92 Å². The SMILES string of the molecule is O=C(O)C=CC1CC(F)(F)C1. The second-order valence-electron chi connectivity index (χ2n) is 2.72. The molecule has 62 valence electrons. The molecular weight excluding hydrogens is 154 g/mol. The highest BCUT2D eigenvalue weighted by Gasteiger charge is 2.43. The fraction of sp³-hybridized carbons (Fsp3) is 0.571. The standard InChI is InChI=1S/C7H8F2O2/c8-7(9)3-5(4-7)1-2-6(10)11/h1-2,5H,3-4H2,(H,10,11). The Hall–Kier alpha value is -0.930. The number of rotatable bonds is 2. The van der Waals surface area contributed by atoms with Crippen LogP contribution in [0.2, 0.25) is 0 Å². The van der Waals surface area contributed by atoms with Gasteiger partial charge in [0.05, 0.1) is 0 Å². The number of alkyl halides is 2. The number of carboxylic acids is 1. The van der Waals surface area contributed by atoms with Gasteiger partial charge >= 0.3 is 5.97 Å². The summed E-state index contributed by atoms with van der Waals surface area (Å²) in [6.45, 7) is 0. The van der Waals surface area contributed by atoms with Crippen LogP contribution in [0.3, 0.4) is 0 Å². The number of aliphatic carboxylic acids is 1. The summed E-state index contributed by atoms with van der Waals surface area (Å²) in [7, 11) is 0. The molecule has 0 aromatic carbocycles. The lowest BCUT2D eigenvalue weighted by Gasteiger charge is -2.32. The predicted molar refractivity (Wildman–Crippen MR) is 34.4 cm³/mol. The second-order valence-corrected chi connectivity index (χ2v) is 2.72. The van der Waals surface area contributed by atoms with Crippen molar-refractivity contribution < 1.29 is 18.7 Å². The van der Waals surface area contributed by atoms with Crippen molar-refractivity contribution in [3.63, 3.8) is 0 Å². The van der Waals surface area contributed by atoms with E-state index in [0.717, 1.165) is 6.08 Å². The van der Waals surface area contributed by atoms with Gasteiger partial charge in [-0.3, -0.25) is 0 Å². The van der Waals surface area contributed by atoms with Gasteiger partial charge in [0.15, 0.2) is 0 Å². The maximum atomic E-state index is 12.1. The molecule has 0 heterocycles. The molecule has 11 heavy (non-hydrogen) atoms. The summed E-state index contributed by atoms with van der Waals surface area (Å²) in [6, 6.07) is 0. The van der Waals surface area contributed by atoms with Crippen LogP contribution in [0, 0.1) is 5.92 Å². The number of carboxylic acid groups (broad SMARTS) is 1. The smallest absolute Gasteiger partial charge is 0.327 e. The quantitative estimate of drug-likeness (QED) is 0.627. The summed E-state index contributed by atoms with van der Waals surface area (Å²) in [4.78, 5) is 9.93. The molecule has 1 aliphatic rings. The van der Waals surface area contributed by atoms with E-state index in [1.54, 1.807) is 0 Å². The van der Waals surface area contributed by atoms with E-state index in [-0.39, 0.29) is 18.8 Å². The molecule has 0 saturated heterocycles. The third-order valence-electron chi connectivity index (χ3n) is 1.63. The van der Waals surface area contributed by atoms with Gasteiger partial charge in [0.2, 0.25) is 5.92 Å². The van der Waals surface area contributed by atoms with Crippen LogP contribution in [-0.2, 0) is 4.79 Å². The number of carbonyl (C=O) groups is 1. The van der Waals surface area contributed by atoms with Gasteiger partial charge in [0, 0.05) is 18.9 Å². The largest absolute Gasteiger partial charge is 0.478 e. The summed E-state index contributed by atoms with van der Waals surface area (Å²) >= 11 is 0. The first-order valence-electron chi connectivity index (χ1n) is 3.28. The maximum absolute atomic E-state index is 12.1. The highest BCUT2D eigenvalue weighted by molar-refractivity contribution is 5.79. The van der Waals surface area contributed by atoms with Crippen molar-refractivity contribution in [3.05, 3.63) is 12.2 Å². The van der Waals surface area contributed by atoms with Crippen LogP contribution in [-0.4, -0.2) is 17.0 Å². The van der Waals surface area contributed by atoms with Crippen molar-refractivity contribution in [1.82, 2.24) is 0 Å². The van der Waals surface area contributed by atoms with E-state index in [1.165, 1.54) is 6.08 Å². The molecule has 4 heteroatoms. The van der Waals surface area contributed by atoms with Crippen LogP contribution in [0.4, 0.5) is 8.78 Å². The van der Waals surface area contributed by atoms with Crippen LogP contribution in [0.25, 0.3) is 0 Å². The highest BCUT2D eigenvalue weighted by atomic mass is 19.3. The molecule has 0 radical (unpaired) electrons. The first-order chi connectivity index (χ1) is 4.99. The zero-order valence-corrected chi connectivity index (χ0v) is 5.76. The lowest BCUT2D eigenvalue weighted by molar-refractivity contribution is -0.131. The molecule has 0 aliphatic heterocycles. The molecule has 1 aliphatic carbocycles. The molecule has 0 bridgehead atoms. The van der Waals surface area contributed by atoms with E-state index in [4.69, 9.17) is 5.11 Å². The van der Waals surface area contributed by atoms with Crippen molar-refractivity contribution in [2.45, 2.75) is 18.8 Å². The Morgan fingerprint density at radius 3 is 2.45 bits per heavy atom. The first kappa shape index (κ1) is 8.17. The molecule has 0 atom stereocenters.